The van der Waals surface area contributed by atoms with Crippen LogP contribution in [-0.4, -0.2) is 16.6 Å². The minimum Gasteiger partial charge on any atom is -0.326 e. The lowest BCUT2D eigenvalue weighted by molar-refractivity contribution is -0.114. The van der Waals surface area contributed by atoms with Crippen LogP contribution in [0.2, 0.25) is 5.02 Å². The van der Waals surface area contributed by atoms with Gasteiger partial charge in [0, 0.05) is 28.6 Å². The average molecular weight is 396 g/mol. The number of amides is 1. The van der Waals surface area contributed by atoms with Gasteiger partial charge >= 0.3 is 0 Å². The number of aromatic nitrogens is 1. The first kappa shape index (κ1) is 18.6. The van der Waals surface area contributed by atoms with E-state index in [0.29, 0.717) is 21.4 Å². The molecule has 134 valence electrons. The number of thiazole rings is 1. The number of carbonyl (C=O) groups is 1. The van der Waals surface area contributed by atoms with E-state index in [1.54, 1.807) is 36.4 Å². The maximum atomic E-state index is 11.0. The molecule has 3 rings (SSSR count). The van der Waals surface area contributed by atoms with Crippen LogP contribution in [0, 0.1) is 11.3 Å². The third-order valence-corrected chi connectivity index (χ3v) is 4.56. The third-order valence-electron chi connectivity index (χ3n) is 3.45. The van der Waals surface area contributed by atoms with Gasteiger partial charge in [0.25, 0.3) is 0 Å². The van der Waals surface area contributed by atoms with E-state index in [9.17, 15) is 10.1 Å². The Labute approximate surface area is 165 Å². The molecule has 0 spiro atoms. The first-order valence-electron chi connectivity index (χ1n) is 7.88. The van der Waals surface area contributed by atoms with E-state index in [1.807, 2.05) is 17.5 Å². The maximum absolute atomic E-state index is 11.0. The van der Waals surface area contributed by atoms with Crippen LogP contribution >= 0.6 is 22.9 Å². The highest BCUT2D eigenvalue weighted by Gasteiger charge is 2.10. The van der Waals surface area contributed by atoms with Crippen LogP contribution in [0.3, 0.4) is 0 Å². The third kappa shape index (κ3) is 4.91. The van der Waals surface area contributed by atoms with Gasteiger partial charge in [-0.25, -0.2) is 4.98 Å². The van der Waals surface area contributed by atoms with Gasteiger partial charge in [0.05, 0.1) is 11.4 Å². The van der Waals surface area contributed by atoms with Gasteiger partial charge in [-0.2, -0.15) is 10.4 Å². The summed E-state index contributed by atoms with van der Waals surface area (Å²) in [6, 6.07) is 16.4. The Morgan fingerprint density at radius 1 is 1.15 bits per heavy atom. The summed E-state index contributed by atoms with van der Waals surface area (Å²) in [4.78, 5) is 15.5. The molecule has 0 fully saturated rings. The summed E-state index contributed by atoms with van der Waals surface area (Å²) in [5.41, 5.74) is 6.07. The van der Waals surface area contributed by atoms with Gasteiger partial charge in [0.2, 0.25) is 5.91 Å². The SMILES string of the molecule is CC(=O)Nc1ccc(NN=C(C#N)c2nc(-c3ccc(Cl)cc3)cs2)cc1. The topological polar surface area (TPSA) is 90.2 Å². The van der Waals surface area contributed by atoms with Crippen molar-refractivity contribution in [3.05, 3.63) is 63.9 Å². The Bertz CT molecular complexity index is 1020. The molecule has 1 amide bonds. The molecule has 27 heavy (non-hydrogen) atoms. The molecule has 0 saturated heterocycles. The molecule has 0 aliphatic carbocycles. The van der Waals surface area contributed by atoms with E-state index in [1.165, 1.54) is 18.3 Å². The summed E-state index contributed by atoms with van der Waals surface area (Å²) in [6.07, 6.45) is 0. The predicted molar refractivity (Wildman–Crippen MR) is 109 cm³/mol. The zero-order valence-electron chi connectivity index (χ0n) is 14.2. The van der Waals surface area contributed by atoms with E-state index < -0.39 is 0 Å². The number of nitriles is 1. The highest BCUT2D eigenvalue weighted by atomic mass is 35.5. The number of hydrazone groups is 1. The molecule has 8 heteroatoms. The highest BCUT2D eigenvalue weighted by molar-refractivity contribution is 7.12. The van der Waals surface area contributed by atoms with Crippen molar-refractivity contribution in [2.75, 3.05) is 10.7 Å². The van der Waals surface area contributed by atoms with Crippen LogP contribution in [-0.2, 0) is 4.79 Å². The van der Waals surface area contributed by atoms with Crippen molar-refractivity contribution in [2.45, 2.75) is 6.92 Å². The molecule has 2 N–H and O–H groups in total. The minimum atomic E-state index is -0.138. The summed E-state index contributed by atoms with van der Waals surface area (Å²) >= 11 is 7.24. The summed E-state index contributed by atoms with van der Waals surface area (Å²) < 4.78 is 0. The molecule has 1 heterocycles. The van der Waals surface area contributed by atoms with Gasteiger partial charge in [0.15, 0.2) is 10.7 Å². The number of halogens is 1. The van der Waals surface area contributed by atoms with E-state index in [4.69, 9.17) is 11.6 Å². The number of hydrogen-bond donors (Lipinski definition) is 2. The van der Waals surface area contributed by atoms with Gasteiger partial charge in [-0.1, -0.05) is 23.7 Å². The van der Waals surface area contributed by atoms with Crippen molar-refractivity contribution in [3.8, 4) is 17.3 Å². The van der Waals surface area contributed by atoms with E-state index >= 15 is 0 Å². The van der Waals surface area contributed by atoms with Crippen LogP contribution in [0.25, 0.3) is 11.3 Å². The molecule has 0 bridgehead atoms. The highest BCUT2D eigenvalue weighted by Crippen LogP contribution is 2.24. The number of nitrogens with one attached hydrogen (secondary N) is 2. The first-order valence-corrected chi connectivity index (χ1v) is 9.14. The van der Waals surface area contributed by atoms with Crippen LogP contribution in [0.15, 0.2) is 59.0 Å². The number of hydrogen-bond acceptors (Lipinski definition) is 6. The normalized spacial score (nSPS) is 10.9. The van der Waals surface area contributed by atoms with Crippen molar-refractivity contribution in [1.29, 1.82) is 5.26 Å². The second kappa shape index (κ2) is 8.45. The number of anilines is 2. The van der Waals surface area contributed by atoms with Crippen molar-refractivity contribution in [3.63, 3.8) is 0 Å². The first-order chi connectivity index (χ1) is 13.0. The fraction of sp³-hybridized carbons (Fsp3) is 0.0526. The Kier molecular flexibility index (Phi) is 5.81. The summed E-state index contributed by atoms with van der Waals surface area (Å²) in [7, 11) is 0. The van der Waals surface area contributed by atoms with Crippen molar-refractivity contribution < 1.29 is 4.79 Å². The minimum absolute atomic E-state index is 0.138. The van der Waals surface area contributed by atoms with Gasteiger partial charge in [-0.3, -0.25) is 10.2 Å². The quantitative estimate of drug-likeness (QED) is 0.481. The van der Waals surface area contributed by atoms with Crippen LogP contribution in [0.5, 0.6) is 0 Å². The molecule has 2 aromatic carbocycles. The number of nitrogens with zero attached hydrogens (tertiary/aromatic N) is 3. The van der Waals surface area contributed by atoms with Crippen molar-refractivity contribution in [2.24, 2.45) is 5.10 Å². The van der Waals surface area contributed by atoms with E-state index in [2.05, 4.69) is 26.9 Å². The predicted octanol–water partition coefficient (Wildman–Crippen LogP) is 4.76. The van der Waals surface area contributed by atoms with Gasteiger partial charge in [0.1, 0.15) is 6.07 Å². The van der Waals surface area contributed by atoms with E-state index in [0.717, 1.165) is 11.3 Å². The Balaban J connectivity index is 1.74. The van der Waals surface area contributed by atoms with Gasteiger partial charge in [-0.15, -0.1) is 11.3 Å². The molecular formula is C19H14ClN5OS. The molecule has 0 radical (unpaired) electrons. The molecule has 0 atom stereocenters. The van der Waals surface area contributed by atoms with Gasteiger partial charge < -0.3 is 5.32 Å². The lowest BCUT2D eigenvalue weighted by Crippen LogP contribution is -2.05. The van der Waals surface area contributed by atoms with Gasteiger partial charge in [-0.05, 0) is 36.4 Å². The maximum Gasteiger partial charge on any atom is 0.221 e. The lowest BCUT2D eigenvalue weighted by Gasteiger charge is -2.04. The van der Waals surface area contributed by atoms with Crippen molar-refractivity contribution in [1.82, 2.24) is 4.98 Å². The Morgan fingerprint density at radius 2 is 1.81 bits per heavy atom. The number of rotatable bonds is 5. The van der Waals surface area contributed by atoms with E-state index in [-0.39, 0.29) is 11.6 Å². The smallest absolute Gasteiger partial charge is 0.221 e. The molecule has 0 aliphatic heterocycles. The van der Waals surface area contributed by atoms with Crippen molar-refractivity contribution >= 4 is 45.9 Å². The summed E-state index contributed by atoms with van der Waals surface area (Å²) in [6.45, 7) is 1.45. The molecule has 1 aromatic heterocycles. The second-order valence-electron chi connectivity index (χ2n) is 5.49. The molecular weight excluding hydrogens is 382 g/mol. The molecule has 6 nitrogen and oxygen atoms in total. The molecule has 3 aromatic rings. The van der Waals surface area contributed by atoms with Crippen LogP contribution in [0.1, 0.15) is 11.9 Å². The Morgan fingerprint density at radius 3 is 2.44 bits per heavy atom. The standard InChI is InChI=1S/C19H14ClN5OS/c1-12(26)22-15-6-8-16(9-7-15)24-25-17(10-21)19-23-18(11-27-19)13-2-4-14(20)5-3-13/h2-9,11,24H,1H3,(H,22,26). The summed E-state index contributed by atoms with van der Waals surface area (Å²) in [5, 5.41) is 19.3. The zero-order valence-corrected chi connectivity index (χ0v) is 15.8. The number of carbonyl (C=O) groups excluding carboxylic acids is 1. The second-order valence-corrected chi connectivity index (χ2v) is 6.78. The lowest BCUT2D eigenvalue weighted by atomic mass is 10.2. The molecule has 0 saturated carbocycles. The number of benzene rings is 2. The monoisotopic (exact) mass is 395 g/mol. The fourth-order valence-corrected chi connectivity index (χ4v) is 3.10. The van der Waals surface area contributed by atoms with Crippen LogP contribution < -0.4 is 10.7 Å². The fourth-order valence-electron chi connectivity index (χ4n) is 2.21. The summed E-state index contributed by atoms with van der Waals surface area (Å²) in [5.74, 6) is -0.138. The Hall–Kier alpha value is -3.21. The van der Waals surface area contributed by atoms with Crippen LogP contribution in [0.4, 0.5) is 11.4 Å². The largest absolute Gasteiger partial charge is 0.326 e. The molecule has 0 aliphatic rings. The zero-order chi connectivity index (χ0) is 19.2. The average Bonchev–Trinajstić information content (AvgIpc) is 3.14. The molecule has 0 unspecified atom stereocenters.